The topological polar surface area (TPSA) is 29.9 Å². The average molecular weight is 588 g/mol. The predicted molar refractivity (Wildman–Crippen MR) is 198 cm³/mol. The molecule has 0 bridgehead atoms. The van der Waals surface area contributed by atoms with Crippen LogP contribution in [0, 0.1) is 0 Å². The lowest BCUT2D eigenvalue weighted by atomic mass is 9.99. The molecule has 0 fully saturated rings. The van der Waals surface area contributed by atoms with E-state index in [1.54, 1.807) is 0 Å². The van der Waals surface area contributed by atoms with E-state index >= 15 is 0 Å². The van der Waals surface area contributed by atoms with Gasteiger partial charge in [0.05, 0.1) is 11.0 Å². The number of rotatable bonds is 6. The van der Waals surface area contributed by atoms with E-state index in [4.69, 9.17) is 4.98 Å². The van der Waals surface area contributed by atoms with Crippen LogP contribution in [0.3, 0.4) is 0 Å². The largest absolute Gasteiger partial charge is 0.355 e. The minimum atomic E-state index is 0.906. The predicted octanol–water partition coefficient (Wildman–Crippen LogP) is 12.4. The molecule has 3 nitrogen and oxygen atoms in total. The zero-order valence-corrected chi connectivity index (χ0v) is 26.7. The van der Waals surface area contributed by atoms with Gasteiger partial charge >= 0.3 is 0 Å². The van der Waals surface area contributed by atoms with Crippen molar-refractivity contribution < 1.29 is 0 Å². The van der Waals surface area contributed by atoms with E-state index in [1.807, 2.05) is 57.3 Å². The van der Waals surface area contributed by atoms with Gasteiger partial charge in [0.1, 0.15) is 5.82 Å². The molecule has 224 valence electrons. The van der Waals surface area contributed by atoms with Gasteiger partial charge in [0.25, 0.3) is 0 Å². The summed E-state index contributed by atoms with van der Waals surface area (Å²) in [5, 5.41) is 8.29. The van der Waals surface area contributed by atoms with Crippen LogP contribution in [0.1, 0.15) is 39.7 Å². The number of pyridine rings is 1. The summed E-state index contributed by atoms with van der Waals surface area (Å²) in [4.78, 5) is 4.82. The Bertz CT molecular complexity index is 2050. The molecule has 0 unspecified atom stereocenters. The van der Waals surface area contributed by atoms with E-state index < -0.39 is 0 Å². The second-order valence-electron chi connectivity index (χ2n) is 10.4. The van der Waals surface area contributed by atoms with Gasteiger partial charge in [-0.3, -0.25) is 4.57 Å². The van der Waals surface area contributed by atoms with Crippen LogP contribution in [0.5, 0.6) is 0 Å². The summed E-state index contributed by atoms with van der Waals surface area (Å²) in [6.07, 6.45) is 9.19. The number of nitrogens with one attached hydrogen (secondary N) is 1. The molecule has 0 radical (unpaired) electrons. The Kier molecular flexibility index (Phi) is 10.2. The quantitative estimate of drug-likeness (QED) is 0.196. The van der Waals surface area contributed by atoms with Crippen molar-refractivity contribution in [3.05, 3.63) is 152 Å². The van der Waals surface area contributed by atoms with Crippen LogP contribution in [0.2, 0.25) is 0 Å². The number of allylic oxidation sites excluding steroid dienone is 2. The van der Waals surface area contributed by atoms with E-state index in [0.717, 1.165) is 51.2 Å². The molecule has 0 aliphatic heterocycles. The van der Waals surface area contributed by atoms with Crippen LogP contribution in [-0.2, 0) is 0 Å². The normalized spacial score (nSPS) is 10.8. The molecule has 7 rings (SSSR count). The summed E-state index contributed by atoms with van der Waals surface area (Å²) in [5.74, 6) is 0.906. The maximum absolute atomic E-state index is 4.82. The van der Waals surface area contributed by atoms with Gasteiger partial charge in [-0.15, -0.1) is 0 Å². The van der Waals surface area contributed by atoms with Crippen LogP contribution in [0.25, 0.3) is 55.6 Å². The highest BCUT2D eigenvalue weighted by Gasteiger charge is 2.16. The molecule has 2 heterocycles. The molecule has 0 saturated carbocycles. The lowest BCUT2D eigenvalue weighted by molar-refractivity contribution is 1.08. The second-order valence-corrected chi connectivity index (χ2v) is 10.4. The third-order valence-corrected chi connectivity index (χ3v) is 7.66. The Balaban J connectivity index is 0.000000523. The maximum Gasteiger partial charge on any atom is 0.138 e. The third kappa shape index (κ3) is 6.58. The number of fused-ring (bicyclic) bond motifs is 4. The zero-order valence-electron chi connectivity index (χ0n) is 26.7. The first-order valence-electron chi connectivity index (χ1n) is 15.8. The summed E-state index contributed by atoms with van der Waals surface area (Å²) < 4.78 is 2.28. The van der Waals surface area contributed by atoms with Crippen molar-refractivity contribution in [3.63, 3.8) is 0 Å². The van der Waals surface area contributed by atoms with Crippen LogP contribution >= 0.6 is 0 Å². The number of benzene rings is 5. The molecule has 7 aromatic rings. The highest BCUT2D eigenvalue weighted by atomic mass is 15.1. The Labute approximate surface area is 267 Å². The molecule has 1 N–H and O–H groups in total. The summed E-state index contributed by atoms with van der Waals surface area (Å²) in [6, 6.07) is 42.4. The lowest BCUT2D eigenvalue weighted by Crippen LogP contribution is -1.98. The van der Waals surface area contributed by atoms with Crippen molar-refractivity contribution in [2.24, 2.45) is 0 Å². The Morgan fingerprint density at radius 1 is 0.711 bits per heavy atom. The zero-order chi connectivity index (χ0) is 31.6. The molecule has 0 spiro atoms. The molecule has 0 amide bonds. The first kappa shape index (κ1) is 31.0. The number of anilines is 2. The third-order valence-electron chi connectivity index (χ3n) is 7.66. The molecule has 45 heavy (non-hydrogen) atoms. The van der Waals surface area contributed by atoms with E-state index in [9.17, 15) is 0 Å². The van der Waals surface area contributed by atoms with Gasteiger partial charge in [-0.25, -0.2) is 4.98 Å². The molecule has 0 atom stereocenters. The molecule has 0 aliphatic rings. The van der Waals surface area contributed by atoms with E-state index in [2.05, 4.69) is 133 Å². The standard InChI is InChI=1S/C35H25N3.C5H10.C2H6/c1-2-28-30-23-31-29-15-9-10-16-33(29)38(35-22-25(19-20-36-35)24-11-5-3-6-12-24)34(31)21-26(30)17-18-32(28)37-27-13-7-4-8-14-27;1-3-5-4-2;1-2/h2-23,37H,1H2;3,5H,4H2,1-2H3;1-2H3/b;5-3-;. The van der Waals surface area contributed by atoms with Crippen molar-refractivity contribution in [3.8, 4) is 16.9 Å². The molecule has 2 aromatic heterocycles. The summed E-state index contributed by atoms with van der Waals surface area (Å²) in [7, 11) is 0. The van der Waals surface area contributed by atoms with E-state index in [1.165, 1.54) is 21.7 Å². The van der Waals surface area contributed by atoms with Crippen molar-refractivity contribution in [1.82, 2.24) is 9.55 Å². The molecular weight excluding hydrogens is 546 g/mol. The van der Waals surface area contributed by atoms with Crippen molar-refractivity contribution in [2.45, 2.75) is 34.1 Å². The fourth-order valence-electron chi connectivity index (χ4n) is 5.65. The molecule has 5 aromatic carbocycles. The Hall–Kier alpha value is -5.41. The van der Waals surface area contributed by atoms with Crippen molar-refractivity contribution >= 4 is 50.0 Å². The fourth-order valence-corrected chi connectivity index (χ4v) is 5.65. The fraction of sp³-hybridized carbons (Fsp3) is 0.119. The summed E-state index contributed by atoms with van der Waals surface area (Å²) in [5.41, 5.74) is 7.78. The van der Waals surface area contributed by atoms with Crippen LogP contribution in [0.4, 0.5) is 11.4 Å². The van der Waals surface area contributed by atoms with Gasteiger partial charge in [0.2, 0.25) is 0 Å². The monoisotopic (exact) mass is 587 g/mol. The minimum Gasteiger partial charge on any atom is -0.355 e. The highest BCUT2D eigenvalue weighted by molar-refractivity contribution is 6.15. The first-order valence-corrected chi connectivity index (χ1v) is 15.8. The second kappa shape index (κ2) is 14.9. The highest BCUT2D eigenvalue weighted by Crippen LogP contribution is 2.38. The summed E-state index contributed by atoms with van der Waals surface area (Å²) in [6.45, 7) is 12.3. The van der Waals surface area contributed by atoms with Crippen LogP contribution in [-0.4, -0.2) is 9.55 Å². The van der Waals surface area contributed by atoms with E-state index in [-0.39, 0.29) is 0 Å². The molecule has 0 aliphatic carbocycles. The number of hydrogen-bond acceptors (Lipinski definition) is 2. The van der Waals surface area contributed by atoms with Crippen molar-refractivity contribution in [1.29, 1.82) is 0 Å². The van der Waals surface area contributed by atoms with Gasteiger partial charge < -0.3 is 5.32 Å². The molecule has 3 heteroatoms. The average Bonchev–Trinajstić information content (AvgIpc) is 3.43. The van der Waals surface area contributed by atoms with Gasteiger partial charge in [0.15, 0.2) is 0 Å². The van der Waals surface area contributed by atoms with Crippen LogP contribution in [0.15, 0.2) is 146 Å². The molecular formula is C42H41N3. The number of nitrogens with zero attached hydrogens (tertiary/aromatic N) is 2. The van der Waals surface area contributed by atoms with Gasteiger partial charge in [-0.2, -0.15) is 0 Å². The number of hydrogen-bond donors (Lipinski definition) is 1. The summed E-state index contributed by atoms with van der Waals surface area (Å²) >= 11 is 0. The number of aromatic nitrogens is 2. The molecule has 0 saturated heterocycles. The maximum atomic E-state index is 4.82. The first-order chi connectivity index (χ1) is 22.2. The van der Waals surface area contributed by atoms with Crippen molar-refractivity contribution in [2.75, 3.05) is 5.32 Å². The number of para-hydroxylation sites is 2. The lowest BCUT2D eigenvalue weighted by Gasteiger charge is -2.14. The Morgan fingerprint density at radius 2 is 1.42 bits per heavy atom. The minimum absolute atomic E-state index is 0.906. The smallest absolute Gasteiger partial charge is 0.138 e. The van der Waals surface area contributed by atoms with Crippen LogP contribution < -0.4 is 5.32 Å². The van der Waals surface area contributed by atoms with E-state index in [0.29, 0.717) is 0 Å². The van der Waals surface area contributed by atoms with Gasteiger partial charge in [-0.1, -0.05) is 118 Å². The van der Waals surface area contributed by atoms with Gasteiger partial charge in [-0.05, 0) is 83.8 Å². The SMILES string of the molecule is C/C=C\CC.C=Cc1c(Nc2ccccc2)ccc2cc3c(cc12)c1ccccc1n3-c1cc(-c2ccccc2)ccn1.CC. The Morgan fingerprint density at radius 3 is 2.11 bits per heavy atom. The van der Waals surface area contributed by atoms with Gasteiger partial charge in [0, 0.05) is 33.9 Å².